The first-order valence-electron chi connectivity index (χ1n) is 9.27. The molecule has 0 saturated carbocycles. The number of unbranched alkanes of at least 4 members (excludes halogenated alkanes) is 6. The van der Waals surface area contributed by atoms with E-state index in [1.165, 1.54) is 82.4 Å². The lowest BCUT2D eigenvalue weighted by Gasteiger charge is -2.06. The minimum absolute atomic E-state index is 1.26. The van der Waals surface area contributed by atoms with E-state index in [1.54, 1.807) is 0 Å². The van der Waals surface area contributed by atoms with Gasteiger partial charge in [0.15, 0.2) is 0 Å². The van der Waals surface area contributed by atoms with E-state index in [0.29, 0.717) is 0 Å². The smallest absolute Gasteiger partial charge is 0.0589 e. The summed E-state index contributed by atoms with van der Waals surface area (Å²) in [6, 6.07) is 4.64. The maximum Gasteiger partial charge on any atom is 0.0589 e. The summed E-state index contributed by atoms with van der Waals surface area (Å²) in [6.45, 7) is 4.56. The first-order chi connectivity index (χ1) is 11.9. The first kappa shape index (κ1) is 20.4. The SMILES string of the molecule is CCCCCCSc1ccsc1-c1sccc1SCCCCCC. The molecule has 0 amide bonds. The van der Waals surface area contributed by atoms with Gasteiger partial charge in [0.1, 0.15) is 0 Å². The summed E-state index contributed by atoms with van der Waals surface area (Å²) >= 11 is 7.93. The molecule has 24 heavy (non-hydrogen) atoms. The van der Waals surface area contributed by atoms with Gasteiger partial charge in [0.25, 0.3) is 0 Å². The number of hydrogen-bond acceptors (Lipinski definition) is 4. The van der Waals surface area contributed by atoms with Crippen molar-refractivity contribution < 1.29 is 0 Å². The van der Waals surface area contributed by atoms with Crippen LogP contribution in [0.4, 0.5) is 0 Å². The Morgan fingerprint density at radius 3 is 1.54 bits per heavy atom. The molecule has 0 spiro atoms. The molecular weight excluding hydrogens is 368 g/mol. The van der Waals surface area contributed by atoms with Gasteiger partial charge in [-0.05, 0) is 47.2 Å². The minimum Gasteiger partial charge on any atom is -0.142 e. The summed E-state index contributed by atoms with van der Waals surface area (Å²) in [5, 5.41) is 4.53. The summed E-state index contributed by atoms with van der Waals surface area (Å²) in [5.41, 5.74) is 0. The molecule has 0 aliphatic carbocycles. The van der Waals surface area contributed by atoms with Crippen molar-refractivity contribution in [3.63, 3.8) is 0 Å². The van der Waals surface area contributed by atoms with Crippen LogP contribution in [0.15, 0.2) is 32.7 Å². The van der Waals surface area contributed by atoms with Crippen LogP contribution in [0.1, 0.15) is 65.2 Å². The van der Waals surface area contributed by atoms with Crippen molar-refractivity contribution in [3.05, 3.63) is 22.9 Å². The van der Waals surface area contributed by atoms with Gasteiger partial charge in [-0.3, -0.25) is 0 Å². The van der Waals surface area contributed by atoms with E-state index in [-0.39, 0.29) is 0 Å². The number of thiophene rings is 2. The van der Waals surface area contributed by atoms with Crippen molar-refractivity contribution in [1.29, 1.82) is 0 Å². The molecular formula is C20H30S4. The summed E-state index contributed by atoms with van der Waals surface area (Å²) in [7, 11) is 0. The molecule has 0 saturated heterocycles. The summed E-state index contributed by atoms with van der Waals surface area (Å²) in [6.07, 6.45) is 10.8. The normalized spacial score (nSPS) is 11.2. The zero-order valence-electron chi connectivity index (χ0n) is 15.0. The highest BCUT2D eigenvalue weighted by Gasteiger charge is 2.13. The summed E-state index contributed by atoms with van der Waals surface area (Å²) < 4.78 is 0. The maximum atomic E-state index is 2.32. The van der Waals surface area contributed by atoms with Gasteiger partial charge in [0.05, 0.1) is 9.75 Å². The standard InChI is InChI=1S/C20H30S4/c1-3-5-7-9-13-21-17-11-15-23-19(17)20-18(12-16-24-20)22-14-10-8-6-4-2/h11-12,15-16H,3-10,13-14H2,1-2H3. The van der Waals surface area contributed by atoms with Gasteiger partial charge in [0.2, 0.25) is 0 Å². The molecule has 0 fully saturated rings. The van der Waals surface area contributed by atoms with E-state index in [4.69, 9.17) is 0 Å². The lowest BCUT2D eigenvalue weighted by Crippen LogP contribution is -1.83. The van der Waals surface area contributed by atoms with E-state index in [1.807, 2.05) is 22.7 Å². The molecule has 2 heterocycles. The Balaban J connectivity index is 1.88. The van der Waals surface area contributed by atoms with Crippen LogP contribution in [-0.2, 0) is 0 Å². The van der Waals surface area contributed by atoms with Crippen LogP contribution >= 0.6 is 46.2 Å². The van der Waals surface area contributed by atoms with Crippen LogP contribution in [0.2, 0.25) is 0 Å². The molecule has 0 aliphatic heterocycles. The van der Waals surface area contributed by atoms with Crippen molar-refractivity contribution in [3.8, 4) is 9.75 Å². The van der Waals surface area contributed by atoms with E-state index in [9.17, 15) is 0 Å². The van der Waals surface area contributed by atoms with Crippen molar-refractivity contribution in [1.82, 2.24) is 0 Å². The van der Waals surface area contributed by atoms with Crippen molar-refractivity contribution >= 4 is 46.2 Å². The molecule has 2 aromatic heterocycles. The van der Waals surface area contributed by atoms with Crippen LogP contribution in [0.5, 0.6) is 0 Å². The number of hydrogen-bond donors (Lipinski definition) is 0. The Kier molecular flexibility index (Phi) is 10.6. The topological polar surface area (TPSA) is 0 Å². The Labute approximate surface area is 164 Å². The quantitative estimate of drug-likeness (QED) is 0.244. The first-order valence-corrected chi connectivity index (χ1v) is 13.0. The lowest BCUT2D eigenvalue weighted by atomic mass is 10.2. The predicted octanol–water partition coefficient (Wildman–Crippen LogP) is 8.82. The average molecular weight is 399 g/mol. The highest BCUT2D eigenvalue weighted by molar-refractivity contribution is 8.00. The molecule has 0 bridgehead atoms. The second-order valence-corrected chi connectivity index (χ2v) is 10.2. The zero-order valence-corrected chi connectivity index (χ0v) is 18.3. The third-order valence-corrected chi connectivity index (χ3v) is 8.51. The van der Waals surface area contributed by atoms with Gasteiger partial charge in [-0.25, -0.2) is 0 Å². The number of rotatable bonds is 13. The summed E-state index contributed by atoms with van der Waals surface area (Å²) in [4.78, 5) is 5.99. The second-order valence-electron chi connectivity index (χ2n) is 6.05. The Morgan fingerprint density at radius 1 is 0.667 bits per heavy atom. The minimum atomic E-state index is 1.26. The summed E-state index contributed by atoms with van der Waals surface area (Å²) in [5.74, 6) is 2.52. The Bertz CT molecular complexity index is 505. The van der Waals surface area contributed by atoms with Gasteiger partial charge in [-0.15, -0.1) is 46.2 Å². The van der Waals surface area contributed by atoms with Gasteiger partial charge < -0.3 is 0 Å². The molecule has 0 nitrogen and oxygen atoms in total. The van der Waals surface area contributed by atoms with Crippen LogP contribution in [-0.4, -0.2) is 11.5 Å². The van der Waals surface area contributed by atoms with Gasteiger partial charge in [-0.1, -0.05) is 52.4 Å². The van der Waals surface area contributed by atoms with E-state index in [2.05, 4.69) is 60.3 Å². The lowest BCUT2D eigenvalue weighted by molar-refractivity contribution is 0.706. The highest BCUT2D eigenvalue weighted by atomic mass is 32.2. The van der Waals surface area contributed by atoms with Crippen molar-refractivity contribution in [2.24, 2.45) is 0 Å². The molecule has 0 aliphatic rings. The highest BCUT2D eigenvalue weighted by Crippen LogP contribution is 2.44. The molecule has 2 rings (SSSR count). The second kappa shape index (κ2) is 12.5. The van der Waals surface area contributed by atoms with Crippen LogP contribution in [0, 0.1) is 0 Å². The van der Waals surface area contributed by atoms with E-state index in [0.717, 1.165) is 0 Å². The van der Waals surface area contributed by atoms with Crippen molar-refractivity contribution in [2.45, 2.75) is 75.0 Å². The number of thioether (sulfide) groups is 2. The van der Waals surface area contributed by atoms with Crippen LogP contribution < -0.4 is 0 Å². The fourth-order valence-electron chi connectivity index (χ4n) is 2.58. The van der Waals surface area contributed by atoms with Gasteiger partial charge in [-0.2, -0.15) is 0 Å². The average Bonchev–Trinajstić information content (AvgIpc) is 3.23. The van der Waals surface area contributed by atoms with Crippen LogP contribution in [0.3, 0.4) is 0 Å². The largest absolute Gasteiger partial charge is 0.142 e. The Morgan fingerprint density at radius 2 is 1.12 bits per heavy atom. The zero-order chi connectivity index (χ0) is 17.0. The third-order valence-electron chi connectivity index (χ3n) is 3.98. The van der Waals surface area contributed by atoms with Gasteiger partial charge >= 0.3 is 0 Å². The molecule has 0 aromatic carbocycles. The maximum absolute atomic E-state index is 2.32. The third kappa shape index (κ3) is 6.78. The Hall–Kier alpha value is 0.1000. The van der Waals surface area contributed by atoms with Crippen LogP contribution in [0.25, 0.3) is 9.75 Å². The molecule has 0 radical (unpaired) electrons. The van der Waals surface area contributed by atoms with E-state index >= 15 is 0 Å². The molecule has 2 aromatic rings. The fourth-order valence-corrected chi connectivity index (χ4v) is 7.22. The monoisotopic (exact) mass is 398 g/mol. The molecule has 4 heteroatoms. The van der Waals surface area contributed by atoms with Gasteiger partial charge in [0, 0.05) is 9.79 Å². The fraction of sp³-hybridized carbons (Fsp3) is 0.600. The molecule has 0 atom stereocenters. The molecule has 0 unspecified atom stereocenters. The van der Waals surface area contributed by atoms with E-state index < -0.39 is 0 Å². The molecule has 0 N–H and O–H groups in total. The predicted molar refractivity (Wildman–Crippen MR) is 117 cm³/mol. The molecule has 134 valence electrons. The van der Waals surface area contributed by atoms with Crippen molar-refractivity contribution in [2.75, 3.05) is 11.5 Å².